The first-order chi connectivity index (χ1) is 8.42. The fourth-order valence-electron chi connectivity index (χ4n) is 2.90. The van der Waals surface area contributed by atoms with Gasteiger partial charge in [-0.25, -0.2) is 4.42 Å². The fraction of sp³-hybridized carbons (Fsp3) is 1.00. The maximum Gasteiger partial charge on any atom is 0.319 e. The van der Waals surface area contributed by atoms with Crippen LogP contribution in [0, 0.1) is 5.92 Å². The van der Waals surface area contributed by atoms with Crippen molar-refractivity contribution >= 4 is 28.3 Å². The summed E-state index contributed by atoms with van der Waals surface area (Å²) in [4.78, 5) is 17.8. The summed E-state index contributed by atoms with van der Waals surface area (Å²) in [5.74, 6) is -1.30. The van der Waals surface area contributed by atoms with Crippen LogP contribution in [0.4, 0.5) is 0 Å². The third kappa shape index (κ3) is 3.35. The maximum atomic E-state index is 10.9. The molecule has 1 saturated carbocycles. The van der Waals surface area contributed by atoms with Crippen LogP contribution in [-0.2, 0) is 18.2 Å². The van der Waals surface area contributed by atoms with Crippen LogP contribution in [0.15, 0.2) is 0 Å². The lowest BCUT2D eigenvalue weighted by molar-refractivity contribution is -0.112. The first-order valence-electron chi connectivity index (χ1n) is 5.68. The molecule has 4 atom stereocenters. The van der Waals surface area contributed by atoms with Crippen LogP contribution in [0.2, 0.25) is 0 Å². The molecule has 1 heterocycles. The molecule has 0 radical (unpaired) electrons. The van der Waals surface area contributed by atoms with E-state index in [1.165, 1.54) is 0 Å². The van der Waals surface area contributed by atoms with Crippen molar-refractivity contribution in [2.24, 2.45) is 5.92 Å². The molecule has 2 aliphatic rings. The normalized spacial score (nSPS) is 40.4. The Balaban J connectivity index is 2.16. The highest BCUT2D eigenvalue weighted by molar-refractivity contribution is 7.33. The summed E-state index contributed by atoms with van der Waals surface area (Å²) in [6.07, 6.45) is 2.37. The number of hydrogen-bond acceptors (Lipinski definition) is 5. The second-order valence-electron chi connectivity index (χ2n) is 4.65. The minimum atomic E-state index is -3.25. The number of piperidine rings is 1. The smallest absolute Gasteiger partial charge is 0.319 e. The zero-order valence-corrected chi connectivity index (χ0v) is 12.3. The van der Waals surface area contributed by atoms with Crippen LogP contribution in [-0.4, -0.2) is 32.6 Å². The summed E-state index contributed by atoms with van der Waals surface area (Å²) in [5, 5.41) is 0. The van der Waals surface area contributed by atoms with Gasteiger partial charge in [0.05, 0.1) is 0 Å². The molecule has 2 fully saturated rings. The Labute approximate surface area is 111 Å². The Morgan fingerprint density at radius 3 is 2.33 bits per heavy atom. The molecule has 0 spiro atoms. The monoisotopic (exact) mass is 319 g/mol. The van der Waals surface area contributed by atoms with Gasteiger partial charge in [0.2, 0.25) is 0 Å². The molecule has 2 rings (SSSR count). The molecule has 1 aliphatic carbocycles. The number of hydrogen-bond donors (Lipinski definition) is 2. The van der Waals surface area contributed by atoms with Crippen molar-refractivity contribution in [2.75, 3.05) is 6.54 Å². The maximum absolute atomic E-state index is 10.9. The van der Waals surface area contributed by atoms with Crippen molar-refractivity contribution in [1.82, 2.24) is 4.42 Å². The van der Waals surface area contributed by atoms with E-state index >= 15 is 0 Å². The highest BCUT2D eigenvalue weighted by Gasteiger charge is 2.52. The largest absolute Gasteiger partial charge is 0.326 e. The highest BCUT2D eigenvalue weighted by Crippen LogP contribution is 2.51. The van der Waals surface area contributed by atoms with E-state index in [9.17, 15) is 9.13 Å². The molecule has 1 aliphatic heterocycles. The summed E-state index contributed by atoms with van der Waals surface area (Å²) < 4.78 is 33.2. The third-order valence-corrected chi connectivity index (χ3v) is 5.00. The molecule has 0 aromatic rings. The minimum absolute atomic E-state index is 0.0527. The van der Waals surface area contributed by atoms with Crippen molar-refractivity contribution in [3.8, 4) is 0 Å². The van der Waals surface area contributed by atoms with Gasteiger partial charge in [0.15, 0.2) is 5.79 Å². The van der Waals surface area contributed by atoms with Gasteiger partial charge >= 0.3 is 16.5 Å². The average molecular weight is 320 g/mol. The number of nitrogens with zero attached hydrogens (tertiary/aromatic N) is 1. The third-order valence-electron chi connectivity index (χ3n) is 3.49. The van der Waals surface area contributed by atoms with Gasteiger partial charge in [-0.15, -0.1) is 0 Å². The molecule has 0 aromatic heterocycles. The van der Waals surface area contributed by atoms with E-state index < -0.39 is 22.3 Å². The van der Waals surface area contributed by atoms with Crippen LogP contribution in [0.25, 0.3) is 0 Å². The van der Waals surface area contributed by atoms with E-state index in [0.717, 1.165) is 19.4 Å². The highest BCUT2D eigenvalue weighted by atomic mass is 35.5. The Bertz CT molecular complexity index is 353. The summed E-state index contributed by atoms with van der Waals surface area (Å²) in [5.41, 5.74) is 0. The van der Waals surface area contributed by atoms with Crippen LogP contribution >= 0.6 is 28.3 Å². The van der Waals surface area contributed by atoms with E-state index in [0.29, 0.717) is 6.42 Å². The number of fused-ring (bicyclic) bond motifs is 1. The fourth-order valence-corrected chi connectivity index (χ4v) is 4.39. The first-order valence-corrected chi connectivity index (χ1v) is 8.55. The molecule has 0 bridgehead atoms. The van der Waals surface area contributed by atoms with Crippen molar-refractivity contribution in [3.63, 3.8) is 0 Å². The van der Waals surface area contributed by atoms with E-state index in [4.69, 9.17) is 30.6 Å². The first kappa shape index (κ1) is 14.9. The van der Waals surface area contributed by atoms with Gasteiger partial charge in [0.1, 0.15) is 0 Å². The quantitative estimate of drug-likeness (QED) is 0.460. The Morgan fingerprint density at radius 1 is 1.22 bits per heavy atom. The Hall–Kier alpha value is 0.550. The van der Waals surface area contributed by atoms with E-state index in [1.807, 2.05) is 0 Å². The molecule has 18 heavy (non-hydrogen) atoms. The van der Waals surface area contributed by atoms with Gasteiger partial charge in [0.25, 0.3) is 0 Å². The molecule has 1 saturated heterocycles. The van der Waals surface area contributed by atoms with Crippen LogP contribution in [0.1, 0.15) is 25.7 Å². The lowest BCUT2D eigenvalue weighted by Gasteiger charge is -2.31. The average Bonchev–Trinajstić information content (AvgIpc) is 2.54. The van der Waals surface area contributed by atoms with Crippen molar-refractivity contribution in [1.29, 1.82) is 0 Å². The van der Waals surface area contributed by atoms with Crippen LogP contribution in [0.3, 0.4) is 0 Å². The summed E-state index contributed by atoms with van der Waals surface area (Å²) in [6.45, 7) is 0.724. The van der Waals surface area contributed by atoms with Crippen LogP contribution < -0.4 is 0 Å². The molecule has 0 amide bonds. The molecular formula is C8H16ClNO6P2. The van der Waals surface area contributed by atoms with Gasteiger partial charge in [-0.05, 0) is 30.5 Å². The van der Waals surface area contributed by atoms with Crippen molar-refractivity contribution in [2.45, 2.75) is 37.5 Å². The van der Waals surface area contributed by atoms with Crippen molar-refractivity contribution < 1.29 is 28.0 Å². The SMILES string of the molecule is O=[PH](O)OC1(O[PH](=O)O)C[C@@H]2CCCN(Cl)[C@@H]2C1. The molecule has 2 N–H and O–H groups in total. The second-order valence-corrected chi connectivity index (χ2v) is 6.55. The Morgan fingerprint density at radius 2 is 1.83 bits per heavy atom. The molecule has 0 aromatic carbocycles. The van der Waals surface area contributed by atoms with Crippen molar-refractivity contribution in [3.05, 3.63) is 0 Å². The lowest BCUT2D eigenvalue weighted by atomic mass is 9.94. The summed E-state index contributed by atoms with van der Waals surface area (Å²) in [7, 11) is -6.50. The summed E-state index contributed by atoms with van der Waals surface area (Å²) in [6, 6.07) is -0.0527. The van der Waals surface area contributed by atoms with Gasteiger partial charge in [0, 0.05) is 25.4 Å². The Kier molecular flexibility index (Phi) is 4.90. The van der Waals surface area contributed by atoms with E-state index in [2.05, 4.69) is 0 Å². The van der Waals surface area contributed by atoms with Gasteiger partial charge in [-0.3, -0.25) is 18.2 Å². The topological polar surface area (TPSA) is 96.3 Å². The molecule has 10 heteroatoms. The standard InChI is InChI=1S/C8H16ClNO6P2/c9-10-3-1-2-6-4-8(5-7(6)10,15-17(11)12)16-18(13)14/h6-7,17-18H,1-5H2,(H,11,12)(H,13,14)/t6-,7+/m0/s1. The molecule has 106 valence electrons. The molecular weight excluding hydrogens is 303 g/mol. The molecule has 2 unspecified atom stereocenters. The minimum Gasteiger partial charge on any atom is -0.326 e. The van der Waals surface area contributed by atoms with Crippen LogP contribution in [0.5, 0.6) is 0 Å². The number of halogens is 1. The van der Waals surface area contributed by atoms with Gasteiger partial charge in [-0.2, -0.15) is 0 Å². The van der Waals surface area contributed by atoms with Gasteiger partial charge < -0.3 is 9.79 Å². The predicted octanol–water partition coefficient (Wildman–Crippen LogP) is 1.51. The zero-order valence-electron chi connectivity index (χ0n) is 9.54. The second kappa shape index (κ2) is 5.90. The lowest BCUT2D eigenvalue weighted by Crippen LogP contribution is -2.36. The number of rotatable bonds is 4. The van der Waals surface area contributed by atoms with Gasteiger partial charge in [-0.1, -0.05) is 0 Å². The zero-order chi connectivity index (χ0) is 13.3. The predicted molar refractivity (Wildman–Crippen MR) is 65.6 cm³/mol. The van der Waals surface area contributed by atoms with E-state index in [-0.39, 0.29) is 18.4 Å². The van der Waals surface area contributed by atoms with E-state index in [1.54, 1.807) is 4.42 Å². The summed E-state index contributed by atoms with van der Waals surface area (Å²) >= 11 is 6.08. The molecule has 7 nitrogen and oxygen atoms in total.